The molecule has 0 aliphatic carbocycles. The van der Waals surface area contributed by atoms with Crippen LogP contribution >= 0.6 is 11.3 Å². The third kappa shape index (κ3) is 3.26. The van der Waals surface area contributed by atoms with E-state index >= 15 is 0 Å². The molecule has 0 saturated carbocycles. The fourth-order valence-corrected chi connectivity index (χ4v) is 4.29. The Morgan fingerprint density at radius 1 is 1.00 bits per heavy atom. The molecule has 2 aromatic heterocycles. The van der Waals surface area contributed by atoms with E-state index in [-0.39, 0.29) is 0 Å². The van der Waals surface area contributed by atoms with Crippen molar-refractivity contribution in [3.63, 3.8) is 0 Å². The van der Waals surface area contributed by atoms with E-state index in [4.69, 9.17) is 4.98 Å². The van der Waals surface area contributed by atoms with Gasteiger partial charge in [-0.1, -0.05) is 12.5 Å². The third-order valence-corrected chi connectivity index (χ3v) is 5.59. The lowest BCUT2D eigenvalue weighted by molar-refractivity contribution is 0.210. The van der Waals surface area contributed by atoms with Gasteiger partial charge in [0.2, 0.25) is 0 Å². The molecule has 1 fully saturated rings. The standard InChI is InChI=1S/C17H24N4S/c1-2-6-19(7-3-1)11-15-12-21-9-8-20(14-17(21)18-15)13-16-5-4-10-22-16/h4-5,10,12H,1-3,6-9,11,13-14H2. The van der Waals surface area contributed by atoms with Crippen LogP contribution < -0.4 is 0 Å². The van der Waals surface area contributed by atoms with Gasteiger partial charge in [-0.3, -0.25) is 9.80 Å². The third-order valence-electron chi connectivity index (χ3n) is 4.73. The maximum absolute atomic E-state index is 4.91. The molecule has 0 bridgehead atoms. The smallest absolute Gasteiger partial charge is 0.123 e. The molecule has 0 N–H and O–H groups in total. The van der Waals surface area contributed by atoms with Gasteiger partial charge in [0, 0.05) is 37.3 Å². The molecule has 2 aliphatic rings. The maximum atomic E-state index is 4.91. The van der Waals surface area contributed by atoms with E-state index in [1.807, 2.05) is 11.3 Å². The van der Waals surface area contributed by atoms with Crippen LogP contribution in [0.15, 0.2) is 23.7 Å². The highest BCUT2D eigenvalue weighted by molar-refractivity contribution is 7.09. The summed E-state index contributed by atoms with van der Waals surface area (Å²) >= 11 is 1.85. The number of hydrogen-bond acceptors (Lipinski definition) is 4. The second-order valence-corrected chi connectivity index (χ2v) is 7.50. The van der Waals surface area contributed by atoms with Crippen molar-refractivity contribution in [3.05, 3.63) is 40.1 Å². The minimum absolute atomic E-state index is 0.984. The molecule has 22 heavy (non-hydrogen) atoms. The van der Waals surface area contributed by atoms with Crippen molar-refractivity contribution in [2.24, 2.45) is 0 Å². The van der Waals surface area contributed by atoms with Crippen molar-refractivity contribution < 1.29 is 0 Å². The van der Waals surface area contributed by atoms with Gasteiger partial charge in [-0.25, -0.2) is 4.98 Å². The Hall–Kier alpha value is -1.17. The van der Waals surface area contributed by atoms with Gasteiger partial charge in [0.05, 0.1) is 12.2 Å². The highest BCUT2D eigenvalue weighted by Gasteiger charge is 2.20. The summed E-state index contributed by atoms with van der Waals surface area (Å²) in [5.41, 5.74) is 1.26. The fraction of sp³-hybridized carbons (Fsp3) is 0.588. The quantitative estimate of drug-likeness (QED) is 0.867. The van der Waals surface area contributed by atoms with Crippen LogP contribution in [0.5, 0.6) is 0 Å². The van der Waals surface area contributed by atoms with Crippen LogP contribution in [0.3, 0.4) is 0 Å². The van der Waals surface area contributed by atoms with Gasteiger partial charge in [0.25, 0.3) is 0 Å². The Labute approximate surface area is 136 Å². The van der Waals surface area contributed by atoms with Crippen molar-refractivity contribution in [2.75, 3.05) is 19.6 Å². The lowest BCUT2D eigenvalue weighted by atomic mass is 10.1. The zero-order valence-corrected chi connectivity index (χ0v) is 13.9. The molecule has 2 aromatic rings. The van der Waals surface area contributed by atoms with Crippen LogP contribution in [0.4, 0.5) is 0 Å². The van der Waals surface area contributed by atoms with E-state index in [1.165, 1.54) is 48.7 Å². The van der Waals surface area contributed by atoms with Crippen molar-refractivity contribution >= 4 is 11.3 Å². The van der Waals surface area contributed by atoms with Gasteiger partial charge in [0.1, 0.15) is 5.82 Å². The minimum atomic E-state index is 0.984. The van der Waals surface area contributed by atoms with Crippen LogP contribution in [0.25, 0.3) is 0 Å². The largest absolute Gasteiger partial charge is 0.332 e. The predicted molar refractivity (Wildman–Crippen MR) is 89.8 cm³/mol. The summed E-state index contributed by atoms with van der Waals surface area (Å²) in [7, 11) is 0. The first kappa shape index (κ1) is 14.4. The fourth-order valence-electron chi connectivity index (χ4n) is 3.54. The van der Waals surface area contributed by atoms with Crippen molar-refractivity contribution in [1.29, 1.82) is 0 Å². The van der Waals surface area contributed by atoms with E-state index in [1.54, 1.807) is 0 Å². The Balaban J connectivity index is 1.39. The van der Waals surface area contributed by atoms with E-state index < -0.39 is 0 Å². The first-order valence-electron chi connectivity index (χ1n) is 8.39. The van der Waals surface area contributed by atoms with E-state index in [9.17, 15) is 0 Å². The number of hydrogen-bond donors (Lipinski definition) is 0. The molecular weight excluding hydrogens is 292 g/mol. The van der Waals surface area contributed by atoms with Gasteiger partial charge in [-0.05, 0) is 37.4 Å². The number of rotatable bonds is 4. The molecule has 0 aromatic carbocycles. The summed E-state index contributed by atoms with van der Waals surface area (Å²) in [4.78, 5) is 11.4. The van der Waals surface area contributed by atoms with E-state index in [0.717, 1.165) is 32.7 Å². The molecule has 0 unspecified atom stereocenters. The number of aromatic nitrogens is 2. The molecule has 1 saturated heterocycles. The zero-order valence-electron chi connectivity index (χ0n) is 13.1. The second kappa shape index (κ2) is 6.52. The Bertz CT molecular complexity index is 598. The minimum Gasteiger partial charge on any atom is -0.332 e. The summed E-state index contributed by atoms with van der Waals surface area (Å²) in [5.74, 6) is 1.25. The van der Waals surface area contributed by atoms with Crippen LogP contribution in [-0.2, 0) is 26.2 Å². The topological polar surface area (TPSA) is 24.3 Å². The molecule has 4 heterocycles. The summed E-state index contributed by atoms with van der Waals surface area (Å²) < 4.78 is 2.37. The van der Waals surface area contributed by atoms with Crippen LogP contribution in [0.2, 0.25) is 0 Å². The van der Waals surface area contributed by atoms with Gasteiger partial charge in [-0.2, -0.15) is 0 Å². The number of piperidine rings is 1. The normalized spacial score (nSPS) is 20.2. The molecule has 0 amide bonds. The zero-order chi connectivity index (χ0) is 14.8. The second-order valence-electron chi connectivity index (χ2n) is 6.47. The number of thiophene rings is 1. The van der Waals surface area contributed by atoms with Crippen LogP contribution in [-0.4, -0.2) is 39.0 Å². The number of likely N-dealkylation sites (tertiary alicyclic amines) is 1. The summed E-state index contributed by atoms with van der Waals surface area (Å²) in [6.07, 6.45) is 6.38. The average molecular weight is 316 g/mol. The van der Waals surface area contributed by atoms with E-state index in [0.29, 0.717) is 0 Å². The summed E-state index contributed by atoms with van der Waals surface area (Å²) in [5, 5.41) is 2.16. The maximum Gasteiger partial charge on any atom is 0.123 e. The molecule has 0 radical (unpaired) electrons. The van der Waals surface area contributed by atoms with Crippen LogP contribution in [0.1, 0.15) is 35.7 Å². The van der Waals surface area contributed by atoms with Crippen molar-refractivity contribution in [3.8, 4) is 0 Å². The number of imidazole rings is 1. The highest BCUT2D eigenvalue weighted by atomic mass is 32.1. The summed E-state index contributed by atoms with van der Waals surface area (Å²) in [6.45, 7) is 7.77. The lowest BCUT2D eigenvalue weighted by Crippen LogP contribution is -2.32. The predicted octanol–water partition coefficient (Wildman–Crippen LogP) is 2.95. The van der Waals surface area contributed by atoms with Gasteiger partial charge in [-0.15, -0.1) is 11.3 Å². The molecule has 5 heteroatoms. The van der Waals surface area contributed by atoms with Crippen LogP contribution in [0, 0.1) is 0 Å². The molecule has 0 spiro atoms. The number of fused-ring (bicyclic) bond motifs is 1. The first-order valence-corrected chi connectivity index (χ1v) is 9.27. The van der Waals surface area contributed by atoms with Crippen molar-refractivity contribution in [2.45, 2.75) is 45.4 Å². The lowest BCUT2D eigenvalue weighted by Gasteiger charge is -2.26. The molecule has 118 valence electrons. The monoisotopic (exact) mass is 316 g/mol. The average Bonchev–Trinajstić information content (AvgIpc) is 3.17. The Kier molecular flexibility index (Phi) is 4.28. The van der Waals surface area contributed by atoms with Crippen molar-refractivity contribution in [1.82, 2.24) is 19.4 Å². The Morgan fingerprint density at radius 2 is 1.91 bits per heavy atom. The molecule has 4 rings (SSSR count). The van der Waals surface area contributed by atoms with Gasteiger partial charge >= 0.3 is 0 Å². The SMILES string of the molecule is c1csc(CN2CCn3cc(CN4CCCCC4)nc3C2)c1. The molecule has 4 nitrogen and oxygen atoms in total. The molecular formula is C17H24N4S. The summed E-state index contributed by atoms with van der Waals surface area (Å²) in [6, 6.07) is 4.37. The van der Waals surface area contributed by atoms with Gasteiger partial charge < -0.3 is 4.57 Å². The van der Waals surface area contributed by atoms with Gasteiger partial charge in [0.15, 0.2) is 0 Å². The highest BCUT2D eigenvalue weighted by Crippen LogP contribution is 2.19. The molecule has 2 aliphatic heterocycles. The Morgan fingerprint density at radius 3 is 2.73 bits per heavy atom. The molecule has 0 atom stereocenters. The first-order chi connectivity index (χ1) is 10.9. The van der Waals surface area contributed by atoms with E-state index in [2.05, 4.69) is 38.1 Å². The number of nitrogens with zero attached hydrogens (tertiary/aromatic N) is 4.